The van der Waals surface area contributed by atoms with Crippen LogP contribution in [0.2, 0.25) is 0 Å². The van der Waals surface area contributed by atoms with E-state index in [4.69, 9.17) is 0 Å². The zero-order valence-corrected chi connectivity index (χ0v) is 14.7. The monoisotopic (exact) mass is 335 g/mol. The first kappa shape index (κ1) is 16.2. The van der Waals surface area contributed by atoms with Crippen molar-refractivity contribution >= 4 is 5.65 Å². The highest BCUT2D eigenvalue weighted by molar-refractivity contribution is 5.36. The number of pyridine rings is 1. The van der Waals surface area contributed by atoms with E-state index in [-0.39, 0.29) is 0 Å². The predicted molar refractivity (Wildman–Crippen MR) is 99.1 cm³/mol. The van der Waals surface area contributed by atoms with Crippen LogP contribution in [0, 0.1) is 5.92 Å². The van der Waals surface area contributed by atoms with Gasteiger partial charge in [-0.25, -0.2) is 0 Å². The second kappa shape index (κ2) is 7.33. The van der Waals surface area contributed by atoms with Crippen molar-refractivity contribution in [1.29, 1.82) is 0 Å². The summed E-state index contributed by atoms with van der Waals surface area (Å²) in [5.41, 5.74) is 2.29. The van der Waals surface area contributed by atoms with Gasteiger partial charge in [0.15, 0.2) is 11.5 Å². The van der Waals surface area contributed by atoms with Crippen LogP contribution in [-0.4, -0.2) is 38.6 Å². The fourth-order valence-corrected chi connectivity index (χ4v) is 3.83. The third kappa shape index (κ3) is 3.89. The zero-order chi connectivity index (χ0) is 17.1. The van der Waals surface area contributed by atoms with Crippen LogP contribution in [0.4, 0.5) is 0 Å². The molecule has 5 nitrogen and oxygen atoms in total. The highest BCUT2D eigenvalue weighted by atomic mass is 15.3. The molecule has 0 saturated carbocycles. The minimum atomic E-state index is 0.489. The first-order valence-electron chi connectivity index (χ1n) is 9.06. The second-order valence-electron chi connectivity index (χ2n) is 7.14. The lowest BCUT2D eigenvalue weighted by Gasteiger charge is -2.37. The Morgan fingerprint density at radius 2 is 1.88 bits per heavy atom. The minimum absolute atomic E-state index is 0.489. The summed E-state index contributed by atoms with van der Waals surface area (Å²) in [6.45, 7) is 6.37. The molecule has 3 heterocycles. The summed E-state index contributed by atoms with van der Waals surface area (Å²) in [5, 5.41) is 12.3. The zero-order valence-electron chi connectivity index (χ0n) is 14.7. The van der Waals surface area contributed by atoms with E-state index in [1.165, 1.54) is 18.5 Å². The third-order valence-electron chi connectivity index (χ3n) is 4.92. The van der Waals surface area contributed by atoms with Crippen LogP contribution in [0.25, 0.3) is 5.65 Å². The summed E-state index contributed by atoms with van der Waals surface area (Å²) < 4.78 is 2.06. The molecule has 0 spiro atoms. The van der Waals surface area contributed by atoms with Gasteiger partial charge in [0.1, 0.15) is 0 Å². The van der Waals surface area contributed by atoms with E-state index in [1.54, 1.807) is 0 Å². The summed E-state index contributed by atoms with van der Waals surface area (Å²) in [5.74, 6) is 1.67. The van der Waals surface area contributed by atoms with Crippen molar-refractivity contribution in [1.82, 2.24) is 24.8 Å². The number of nitrogens with zero attached hydrogens (tertiary/aromatic N) is 4. The van der Waals surface area contributed by atoms with Crippen LogP contribution in [-0.2, 0) is 13.1 Å². The standard InChI is InChI=1S/C20H25N5/c1-16-11-18(15-24(13-16)14-17-7-3-2-4-8-17)21-12-20-23-22-19-9-5-6-10-25(19)20/h2-10,16,18,21H,11-15H2,1H3/t16-,18+/m1/s1. The molecule has 0 unspecified atom stereocenters. The van der Waals surface area contributed by atoms with E-state index in [0.717, 1.165) is 31.1 Å². The molecule has 0 amide bonds. The lowest BCUT2D eigenvalue weighted by atomic mass is 9.95. The predicted octanol–water partition coefficient (Wildman–Crippen LogP) is 2.73. The van der Waals surface area contributed by atoms with Crippen molar-refractivity contribution in [3.8, 4) is 0 Å². The van der Waals surface area contributed by atoms with Gasteiger partial charge in [-0.1, -0.05) is 43.3 Å². The van der Waals surface area contributed by atoms with Crippen molar-refractivity contribution in [2.24, 2.45) is 5.92 Å². The number of aromatic nitrogens is 3. The number of piperidine rings is 1. The smallest absolute Gasteiger partial charge is 0.160 e. The molecule has 1 fully saturated rings. The average Bonchev–Trinajstić information content (AvgIpc) is 3.04. The van der Waals surface area contributed by atoms with Crippen molar-refractivity contribution in [2.75, 3.05) is 13.1 Å². The molecule has 1 saturated heterocycles. The van der Waals surface area contributed by atoms with E-state index in [0.29, 0.717) is 12.0 Å². The molecule has 2 atom stereocenters. The van der Waals surface area contributed by atoms with Crippen LogP contribution < -0.4 is 5.32 Å². The molecule has 1 aromatic carbocycles. The van der Waals surface area contributed by atoms with Crippen LogP contribution in [0.1, 0.15) is 24.7 Å². The summed E-state index contributed by atoms with van der Waals surface area (Å²) in [4.78, 5) is 2.56. The first-order chi connectivity index (χ1) is 12.3. The van der Waals surface area contributed by atoms with Crippen molar-refractivity contribution in [3.63, 3.8) is 0 Å². The van der Waals surface area contributed by atoms with Gasteiger partial charge in [-0.3, -0.25) is 9.30 Å². The lowest BCUT2D eigenvalue weighted by Crippen LogP contribution is -2.48. The van der Waals surface area contributed by atoms with Gasteiger partial charge in [-0.2, -0.15) is 0 Å². The SMILES string of the molecule is C[C@@H]1C[C@H](NCc2nnc3ccccn23)CN(Cc2ccccc2)C1. The fourth-order valence-electron chi connectivity index (χ4n) is 3.83. The Kier molecular flexibility index (Phi) is 4.76. The molecule has 0 aliphatic carbocycles. The summed E-state index contributed by atoms with van der Waals surface area (Å²) in [7, 11) is 0. The third-order valence-corrected chi connectivity index (χ3v) is 4.92. The molecule has 0 bridgehead atoms. The average molecular weight is 335 g/mol. The van der Waals surface area contributed by atoms with E-state index >= 15 is 0 Å². The maximum absolute atomic E-state index is 4.32. The maximum atomic E-state index is 4.32. The molecule has 2 aromatic heterocycles. The molecule has 1 aliphatic rings. The molecule has 0 radical (unpaired) electrons. The number of benzene rings is 1. The van der Waals surface area contributed by atoms with E-state index in [9.17, 15) is 0 Å². The van der Waals surface area contributed by atoms with Crippen LogP contribution >= 0.6 is 0 Å². The molecule has 3 aromatic rings. The fraction of sp³-hybridized carbons (Fsp3) is 0.400. The van der Waals surface area contributed by atoms with Gasteiger partial charge in [0.2, 0.25) is 0 Å². The highest BCUT2D eigenvalue weighted by Crippen LogP contribution is 2.19. The van der Waals surface area contributed by atoms with Gasteiger partial charge >= 0.3 is 0 Å². The minimum Gasteiger partial charge on any atom is -0.306 e. The van der Waals surface area contributed by atoms with Gasteiger partial charge in [-0.15, -0.1) is 10.2 Å². The number of nitrogens with one attached hydrogen (secondary N) is 1. The number of fused-ring (bicyclic) bond motifs is 1. The molecule has 4 rings (SSSR count). The van der Waals surface area contributed by atoms with Gasteiger partial charge in [-0.05, 0) is 30.0 Å². The number of rotatable bonds is 5. The summed E-state index contributed by atoms with van der Waals surface area (Å²) >= 11 is 0. The highest BCUT2D eigenvalue weighted by Gasteiger charge is 2.24. The van der Waals surface area contributed by atoms with E-state index in [1.807, 2.05) is 24.4 Å². The molecular formula is C20H25N5. The van der Waals surface area contributed by atoms with E-state index < -0.39 is 0 Å². The molecule has 1 aliphatic heterocycles. The van der Waals surface area contributed by atoms with Crippen molar-refractivity contribution < 1.29 is 0 Å². The normalized spacial score (nSPS) is 21.6. The summed E-state index contributed by atoms with van der Waals surface area (Å²) in [6, 6.07) is 17.2. The largest absolute Gasteiger partial charge is 0.306 e. The second-order valence-corrected chi connectivity index (χ2v) is 7.14. The van der Waals surface area contributed by atoms with Crippen molar-refractivity contribution in [3.05, 3.63) is 66.1 Å². The lowest BCUT2D eigenvalue weighted by molar-refractivity contribution is 0.141. The molecular weight excluding hydrogens is 310 g/mol. The summed E-state index contributed by atoms with van der Waals surface area (Å²) in [6.07, 6.45) is 3.24. The molecule has 130 valence electrons. The quantitative estimate of drug-likeness (QED) is 0.779. The van der Waals surface area contributed by atoms with Gasteiger partial charge in [0, 0.05) is 31.9 Å². The van der Waals surface area contributed by atoms with Crippen molar-refractivity contribution in [2.45, 2.75) is 32.5 Å². The molecule has 5 heteroatoms. The van der Waals surface area contributed by atoms with Gasteiger partial charge < -0.3 is 5.32 Å². The Balaban J connectivity index is 1.38. The molecule has 1 N–H and O–H groups in total. The van der Waals surface area contributed by atoms with Crippen LogP contribution in [0.3, 0.4) is 0 Å². The number of likely N-dealkylation sites (tertiary alicyclic amines) is 1. The Labute approximate surface area is 148 Å². The Hall–Kier alpha value is -2.24. The first-order valence-corrected chi connectivity index (χ1v) is 9.06. The van der Waals surface area contributed by atoms with Gasteiger partial charge in [0.05, 0.1) is 6.54 Å². The maximum Gasteiger partial charge on any atom is 0.160 e. The molecule has 25 heavy (non-hydrogen) atoms. The van der Waals surface area contributed by atoms with Crippen LogP contribution in [0.15, 0.2) is 54.7 Å². The van der Waals surface area contributed by atoms with Crippen LogP contribution in [0.5, 0.6) is 0 Å². The Morgan fingerprint density at radius 1 is 1.04 bits per heavy atom. The topological polar surface area (TPSA) is 45.5 Å². The number of hydrogen-bond donors (Lipinski definition) is 1. The Morgan fingerprint density at radius 3 is 2.76 bits per heavy atom. The number of hydrogen-bond acceptors (Lipinski definition) is 4. The Bertz CT molecular complexity index is 813. The van der Waals surface area contributed by atoms with E-state index in [2.05, 4.69) is 62.1 Å². The van der Waals surface area contributed by atoms with Gasteiger partial charge in [0.25, 0.3) is 0 Å².